The summed E-state index contributed by atoms with van der Waals surface area (Å²) in [5.41, 5.74) is 5.97. The van der Waals surface area contributed by atoms with Crippen molar-refractivity contribution in [2.24, 2.45) is 0 Å². The number of fused-ring (bicyclic) bond motifs is 1. The molecule has 2 aromatic rings. The summed E-state index contributed by atoms with van der Waals surface area (Å²) in [4.78, 5) is 12.6. The first-order valence-corrected chi connectivity index (χ1v) is 8.67. The van der Waals surface area contributed by atoms with Gasteiger partial charge in [0.2, 0.25) is 0 Å². The zero-order valence-electron chi connectivity index (χ0n) is 14.1. The summed E-state index contributed by atoms with van der Waals surface area (Å²) < 4.78 is 0. The molecular weight excluding hydrogens is 282 g/mol. The van der Waals surface area contributed by atoms with Crippen LogP contribution in [0.1, 0.15) is 64.8 Å². The van der Waals surface area contributed by atoms with Gasteiger partial charge in [0, 0.05) is 5.56 Å². The summed E-state index contributed by atoms with van der Waals surface area (Å²) in [7, 11) is 0. The average Bonchev–Trinajstić information content (AvgIpc) is 2.59. The highest BCUT2D eigenvalue weighted by Gasteiger charge is 2.17. The predicted octanol–water partition coefficient (Wildman–Crippen LogP) is 4.75. The molecule has 1 atom stereocenters. The molecule has 0 unspecified atom stereocenters. The van der Waals surface area contributed by atoms with E-state index in [0.29, 0.717) is 0 Å². The fraction of sp³-hybridized carbons (Fsp3) is 0.381. The first kappa shape index (κ1) is 15.8. The molecular formula is C21H25NO. The van der Waals surface area contributed by atoms with E-state index in [9.17, 15) is 4.79 Å². The third-order valence-corrected chi connectivity index (χ3v) is 4.88. The van der Waals surface area contributed by atoms with Crippen LogP contribution in [0.5, 0.6) is 0 Å². The maximum Gasteiger partial charge on any atom is 0.252 e. The molecule has 0 aromatic heterocycles. The molecule has 1 aliphatic carbocycles. The van der Waals surface area contributed by atoms with E-state index in [4.69, 9.17) is 0 Å². The normalized spacial score (nSPS) is 14.9. The van der Waals surface area contributed by atoms with Crippen LogP contribution >= 0.6 is 0 Å². The lowest BCUT2D eigenvalue weighted by Gasteiger charge is -2.22. The molecule has 2 heteroatoms. The zero-order chi connectivity index (χ0) is 16.2. The van der Waals surface area contributed by atoms with Gasteiger partial charge in [-0.15, -0.1) is 0 Å². The van der Waals surface area contributed by atoms with E-state index in [0.717, 1.165) is 17.5 Å². The Morgan fingerprint density at radius 1 is 1.09 bits per heavy atom. The lowest BCUT2D eigenvalue weighted by atomic mass is 9.88. The monoisotopic (exact) mass is 307 g/mol. The molecule has 0 radical (unpaired) electrons. The van der Waals surface area contributed by atoms with E-state index in [1.54, 1.807) is 0 Å². The third kappa shape index (κ3) is 3.47. The lowest BCUT2D eigenvalue weighted by molar-refractivity contribution is 0.0935. The molecule has 23 heavy (non-hydrogen) atoms. The second-order valence-electron chi connectivity index (χ2n) is 6.48. The number of carbonyl (C=O) groups excluding carboxylic acids is 1. The minimum atomic E-state index is 0.0210. The molecule has 0 spiro atoms. The van der Waals surface area contributed by atoms with Crippen LogP contribution in [0.3, 0.4) is 0 Å². The Morgan fingerprint density at radius 2 is 1.83 bits per heavy atom. The highest BCUT2D eigenvalue weighted by Crippen LogP contribution is 2.26. The summed E-state index contributed by atoms with van der Waals surface area (Å²) in [6, 6.07) is 14.6. The molecule has 1 aliphatic rings. The third-order valence-electron chi connectivity index (χ3n) is 4.88. The smallest absolute Gasteiger partial charge is 0.252 e. The van der Waals surface area contributed by atoms with Gasteiger partial charge < -0.3 is 5.32 Å². The van der Waals surface area contributed by atoms with Crippen molar-refractivity contribution in [3.63, 3.8) is 0 Å². The van der Waals surface area contributed by atoms with Crippen LogP contribution in [0.25, 0.3) is 0 Å². The average molecular weight is 307 g/mol. The van der Waals surface area contributed by atoms with Gasteiger partial charge in [-0.3, -0.25) is 4.79 Å². The quantitative estimate of drug-likeness (QED) is 0.867. The van der Waals surface area contributed by atoms with Crippen LogP contribution in [-0.2, 0) is 12.8 Å². The van der Waals surface area contributed by atoms with Crippen molar-refractivity contribution < 1.29 is 4.79 Å². The largest absolute Gasteiger partial charge is 0.345 e. The van der Waals surface area contributed by atoms with Gasteiger partial charge in [0.1, 0.15) is 0 Å². The molecule has 0 saturated carbocycles. The Morgan fingerprint density at radius 3 is 2.57 bits per heavy atom. The minimum absolute atomic E-state index is 0.0210. The number of benzene rings is 2. The van der Waals surface area contributed by atoms with Gasteiger partial charge in [-0.05, 0) is 67.3 Å². The summed E-state index contributed by atoms with van der Waals surface area (Å²) in [5, 5.41) is 3.21. The molecule has 1 N–H and O–H groups in total. The van der Waals surface area contributed by atoms with Crippen LogP contribution in [-0.4, -0.2) is 5.91 Å². The van der Waals surface area contributed by atoms with Crippen molar-refractivity contribution in [1.82, 2.24) is 5.32 Å². The number of rotatable bonds is 4. The molecule has 2 nitrogen and oxygen atoms in total. The lowest BCUT2D eigenvalue weighted by Crippen LogP contribution is -2.28. The van der Waals surface area contributed by atoms with Gasteiger partial charge in [0.15, 0.2) is 0 Å². The number of hydrogen-bond donors (Lipinski definition) is 1. The SMILES string of the molecule is CC[C@@H](NC(=O)c1ccccc1C)c1ccc2c(c1)CCCC2. The number of hydrogen-bond acceptors (Lipinski definition) is 1. The Kier molecular flexibility index (Phi) is 4.80. The molecule has 3 rings (SSSR count). The van der Waals surface area contributed by atoms with Crippen LogP contribution in [0.2, 0.25) is 0 Å². The Balaban J connectivity index is 1.80. The van der Waals surface area contributed by atoms with Crippen molar-refractivity contribution >= 4 is 5.91 Å². The van der Waals surface area contributed by atoms with Gasteiger partial charge in [-0.25, -0.2) is 0 Å². The van der Waals surface area contributed by atoms with Crippen molar-refractivity contribution in [2.45, 2.75) is 52.0 Å². The van der Waals surface area contributed by atoms with E-state index < -0.39 is 0 Å². The Labute approximate surface area is 138 Å². The Hall–Kier alpha value is -2.09. The number of aryl methyl sites for hydroxylation is 3. The number of nitrogens with one attached hydrogen (secondary N) is 1. The van der Waals surface area contributed by atoms with Gasteiger partial charge in [0.05, 0.1) is 6.04 Å². The first-order valence-electron chi connectivity index (χ1n) is 8.67. The molecule has 120 valence electrons. The van der Waals surface area contributed by atoms with E-state index >= 15 is 0 Å². The highest BCUT2D eigenvalue weighted by molar-refractivity contribution is 5.95. The van der Waals surface area contributed by atoms with Crippen molar-refractivity contribution in [2.75, 3.05) is 0 Å². The molecule has 0 heterocycles. The molecule has 1 amide bonds. The van der Waals surface area contributed by atoms with E-state index in [2.05, 4.69) is 30.4 Å². The predicted molar refractivity (Wildman–Crippen MR) is 94.8 cm³/mol. The fourth-order valence-corrected chi connectivity index (χ4v) is 3.45. The second-order valence-corrected chi connectivity index (χ2v) is 6.48. The molecule has 0 fully saturated rings. The number of amides is 1. The summed E-state index contributed by atoms with van der Waals surface area (Å²) in [5.74, 6) is 0.0210. The summed E-state index contributed by atoms with van der Waals surface area (Å²) >= 11 is 0. The Bertz CT molecular complexity index is 705. The topological polar surface area (TPSA) is 29.1 Å². The van der Waals surface area contributed by atoms with Gasteiger partial charge >= 0.3 is 0 Å². The first-order chi connectivity index (χ1) is 11.2. The zero-order valence-corrected chi connectivity index (χ0v) is 14.1. The van der Waals surface area contributed by atoms with Crippen LogP contribution in [0, 0.1) is 6.92 Å². The number of carbonyl (C=O) groups is 1. The van der Waals surface area contributed by atoms with E-state index in [1.807, 2.05) is 31.2 Å². The van der Waals surface area contributed by atoms with Gasteiger partial charge in [0.25, 0.3) is 5.91 Å². The van der Waals surface area contributed by atoms with E-state index in [1.165, 1.54) is 42.4 Å². The van der Waals surface area contributed by atoms with Crippen LogP contribution < -0.4 is 5.32 Å². The van der Waals surface area contributed by atoms with Gasteiger partial charge in [-0.2, -0.15) is 0 Å². The van der Waals surface area contributed by atoms with Crippen LogP contribution in [0.15, 0.2) is 42.5 Å². The van der Waals surface area contributed by atoms with E-state index in [-0.39, 0.29) is 11.9 Å². The molecule has 0 saturated heterocycles. The maximum atomic E-state index is 12.6. The van der Waals surface area contributed by atoms with Gasteiger partial charge in [-0.1, -0.05) is 43.3 Å². The fourth-order valence-electron chi connectivity index (χ4n) is 3.45. The molecule has 2 aromatic carbocycles. The van der Waals surface area contributed by atoms with Crippen LogP contribution in [0.4, 0.5) is 0 Å². The summed E-state index contributed by atoms with van der Waals surface area (Å²) in [6.07, 6.45) is 5.85. The minimum Gasteiger partial charge on any atom is -0.345 e. The second kappa shape index (κ2) is 6.99. The van der Waals surface area contributed by atoms with Crippen molar-refractivity contribution in [3.05, 3.63) is 70.3 Å². The summed E-state index contributed by atoms with van der Waals surface area (Å²) in [6.45, 7) is 4.11. The maximum absolute atomic E-state index is 12.6. The van der Waals surface area contributed by atoms with Crippen molar-refractivity contribution in [3.8, 4) is 0 Å². The molecule has 0 aliphatic heterocycles. The standard InChI is InChI=1S/C21H25NO/c1-3-20(22-21(23)19-11-7-4-8-15(19)2)18-13-12-16-9-5-6-10-17(16)14-18/h4,7-8,11-14,20H,3,5-6,9-10H2,1-2H3,(H,22,23)/t20-/m1/s1. The molecule has 0 bridgehead atoms. The highest BCUT2D eigenvalue weighted by atomic mass is 16.1. The van der Waals surface area contributed by atoms with Crippen molar-refractivity contribution in [1.29, 1.82) is 0 Å².